The summed E-state index contributed by atoms with van der Waals surface area (Å²) >= 11 is 0. The first-order valence-corrected chi connectivity index (χ1v) is 6.26. The predicted octanol–water partition coefficient (Wildman–Crippen LogP) is 1.31. The van der Waals surface area contributed by atoms with Crippen LogP contribution in [0.5, 0.6) is 11.5 Å². The zero-order chi connectivity index (χ0) is 14.9. The number of hydrogen-bond acceptors (Lipinski definition) is 4. The van der Waals surface area contributed by atoms with Gasteiger partial charge in [-0.15, -0.1) is 0 Å². The number of aliphatic carboxylic acids is 1. The van der Waals surface area contributed by atoms with E-state index in [1.807, 2.05) is 6.92 Å². The van der Waals surface area contributed by atoms with Crippen molar-refractivity contribution in [2.75, 3.05) is 20.8 Å². The van der Waals surface area contributed by atoms with Crippen LogP contribution in [0.2, 0.25) is 0 Å². The van der Waals surface area contributed by atoms with E-state index in [9.17, 15) is 9.59 Å². The van der Waals surface area contributed by atoms with Crippen molar-refractivity contribution in [2.24, 2.45) is 0 Å². The Morgan fingerprint density at radius 3 is 2.15 bits per heavy atom. The van der Waals surface area contributed by atoms with Crippen molar-refractivity contribution < 1.29 is 24.2 Å². The number of rotatable bonds is 4. The number of carbonyl (C=O) groups is 2. The van der Waals surface area contributed by atoms with Gasteiger partial charge < -0.3 is 19.5 Å². The molecule has 1 aromatic carbocycles. The molecule has 1 saturated heterocycles. The minimum atomic E-state index is -0.976. The van der Waals surface area contributed by atoms with Gasteiger partial charge in [0.1, 0.15) is 17.5 Å². The van der Waals surface area contributed by atoms with Gasteiger partial charge in [0.05, 0.1) is 14.2 Å². The first kappa shape index (κ1) is 14.2. The van der Waals surface area contributed by atoms with Gasteiger partial charge in [0, 0.05) is 17.7 Å². The van der Waals surface area contributed by atoms with Crippen molar-refractivity contribution in [1.29, 1.82) is 0 Å². The molecule has 0 unspecified atom stereocenters. The van der Waals surface area contributed by atoms with E-state index in [0.29, 0.717) is 30.0 Å². The third-order valence-electron chi connectivity index (χ3n) is 3.56. The summed E-state index contributed by atoms with van der Waals surface area (Å²) in [6, 6.07) is 2.48. The number of likely N-dealkylation sites (tertiary alicyclic amines) is 1. The highest BCUT2D eigenvalue weighted by Crippen LogP contribution is 2.31. The molecular formula is C14H17NO5. The van der Waals surface area contributed by atoms with Crippen molar-refractivity contribution in [3.63, 3.8) is 0 Å². The third kappa shape index (κ3) is 2.29. The Hall–Kier alpha value is -2.24. The second kappa shape index (κ2) is 5.40. The van der Waals surface area contributed by atoms with Crippen molar-refractivity contribution >= 4 is 11.9 Å². The third-order valence-corrected chi connectivity index (χ3v) is 3.56. The molecule has 1 heterocycles. The summed E-state index contributed by atoms with van der Waals surface area (Å²) in [6.45, 7) is 2.28. The fraction of sp³-hybridized carbons (Fsp3) is 0.429. The monoisotopic (exact) mass is 279 g/mol. The van der Waals surface area contributed by atoms with Gasteiger partial charge >= 0.3 is 5.97 Å². The lowest BCUT2D eigenvalue weighted by Crippen LogP contribution is -2.55. The van der Waals surface area contributed by atoms with Crippen molar-refractivity contribution in [3.8, 4) is 11.5 Å². The van der Waals surface area contributed by atoms with Gasteiger partial charge in [0.15, 0.2) is 0 Å². The smallest absolute Gasteiger partial charge is 0.326 e. The Morgan fingerprint density at radius 2 is 1.80 bits per heavy atom. The van der Waals surface area contributed by atoms with E-state index in [2.05, 4.69) is 0 Å². The summed E-state index contributed by atoms with van der Waals surface area (Å²) < 4.78 is 10.4. The van der Waals surface area contributed by atoms with Gasteiger partial charge in [-0.2, -0.15) is 0 Å². The predicted molar refractivity (Wildman–Crippen MR) is 71.4 cm³/mol. The number of methoxy groups -OCH3 is 2. The second-order valence-corrected chi connectivity index (χ2v) is 4.65. The van der Waals surface area contributed by atoms with Crippen LogP contribution in [-0.4, -0.2) is 48.7 Å². The molecule has 0 saturated carbocycles. The molecular weight excluding hydrogens is 262 g/mol. The summed E-state index contributed by atoms with van der Waals surface area (Å²) in [5, 5.41) is 9.00. The Balaban J connectivity index is 2.33. The van der Waals surface area contributed by atoms with Crippen LogP contribution in [0.15, 0.2) is 12.1 Å². The number of carbonyl (C=O) groups excluding carboxylic acids is 1. The molecule has 2 rings (SSSR count). The number of carboxylic acids is 1. The van der Waals surface area contributed by atoms with Gasteiger partial charge in [0.2, 0.25) is 0 Å². The molecule has 20 heavy (non-hydrogen) atoms. The van der Waals surface area contributed by atoms with Gasteiger partial charge in [-0.25, -0.2) is 4.79 Å². The Labute approximate surface area is 116 Å². The maximum atomic E-state index is 12.3. The van der Waals surface area contributed by atoms with Gasteiger partial charge in [-0.05, 0) is 25.5 Å². The van der Waals surface area contributed by atoms with Gasteiger partial charge in [-0.1, -0.05) is 0 Å². The molecule has 1 aliphatic rings. The SMILES string of the molecule is COc1cc(C(=O)N2CC[C@@H]2C(=O)O)cc(OC)c1C. The van der Waals surface area contributed by atoms with E-state index in [0.717, 1.165) is 5.56 Å². The lowest BCUT2D eigenvalue weighted by Gasteiger charge is -2.38. The molecule has 1 amide bonds. The number of ether oxygens (including phenoxy) is 2. The summed E-state index contributed by atoms with van der Waals surface area (Å²) in [4.78, 5) is 24.7. The lowest BCUT2D eigenvalue weighted by molar-refractivity contribution is -0.146. The molecule has 0 radical (unpaired) electrons. The molecule has 1 N–H and O–H groups in total. The molecule has 1 fully saturated rings. The average molecular weight is 279 g/mol. The molecule has 6 nitrogen and oxygen atoms in total. The fourth-order valence-corrected chi connectivity index (χ4v) is 2.26. The van der Waals surface area contributed by atoms with E-state index in [4.69, 9.17) is 14.6 Å². The maximum absolute atomic E-state index is 12.3. The number of amides is 1. The number of nitrogens with zero attached hydrogens (tertiary/aromatic N) is 1. The van der Waals surface area contributed by atoms with Crippen molar-refractivity contribution in [1.82, 2.24) is 4.90 Å². The van der Waals surface area contributed by atoms with Crippen LogP contribution in [-0.2, 0) is 4.79 Å². The molecule has 0 aliphatic carbocycles. The van der Waals surface area contributed by atoms with Crippen LogP contribution in [0, 0.1) is 6.92 Å². The second-order valence-electron chi connectivity index (χ2n) is 4.65. The van der Waals surface area contributed by atoms with Crippen LogP contribution in [0.25, 0.3) is 0 Å². The maximum Gasteiger partial charge on any atom is 0.326 e. The Bertz CT molecular complexity index is 529. The summed E-state index contributed by atoms with van der Waals surface area (Å²) in [7, 11) is 3.03. The first-order chi connectivity index (χ1) is 9.49. The van der Waals surface area contributed by atoms with Crippen LogP contribution >= 0.6 is 0 Å². The fourth-order valence-electron chi connectivity index (χ4n) is 2.26. The summed E-state index contributed by atoms with van der Waals surface area (Å²) in [6.07, 6.45) is 0.487. The van der Waals surface area contributed by atoms with E-state index in [1.54, 1.807) is 12.1 Å². The van der Waals surface area contributed by atoms with Crippen LogP contribution < -0.4 is 9.47 Å². The highest BCUT2D eigenvalue weighted by Gasteiger charge is 2.38. The zero-order valence-corrected chi connectivity index (χ0v) is 11.7. The van der Waals surface area contributed by atoms with E-state index >= 15 is 0 Å². The van der Waals surface area contributed by atoms with Crippen molar-refractivity contribution in [2.45, 2.75) is 19.4 Å². The topological polar surface area (TPSA) is 76.1 Å². The Kier molecular flexibility index (Phi) is 3.83. The highest BCUT2D eigenvalue weighted by atomic mass is 16.5. The largest absolute Gasteiger partial charge is 0.496 e. The number of benzene rings is 1. The van der Waals surface area contributed by atoms with E-state index in [-0.39, 0.29) is 5.91 Å². The molecule has 1 atom stereocenters. The average Bonchev–Trinajstić information content (AvgIpc) is 2.36. The van der Waals surface area contributed by atoms with Crippen molar-refractivity contribution in [3.05, 3.63) is 23.3 Å². The minimum absolute atomic E-state index is 0.319. The first-order valence-electron chi connectivity index (χ1n) is 6.26. The summed E-state index contributed by atoms with van der Waals surface area (Å²) in [5.74, 6) is -0.212. The van der Waals surface area contributed by atoms with Crippen LogP contribution in [0.4, 0.5) is 0 Å². The molecule has 0 bridgehead atoms. The molecule has 1 aliphatic heterocycles. The van der Waals surface area contributed by atoms with E-state index in [1.165, 1.54) is 19.1 Å². The quantitative estimate of drug-likeness (QED) is 0.899. The zero-order valence-electron chi connectivity index (χ0n) is 11.7. The Morgan fingerprint density at radius 1 is 1.25 bits per heavy atom. The van der Waals surface area contributed by atoms with Gasteiger partial charge in [-0.3, -0.25) is 4.79 Å². The van der Waals surface area contributed by atoms with Crippen LogP contribution in [0.3, 0.4) is 0 Å². The molecule has 1 aromatic rings. The van der Waals surface area contributed by atoms with Crippen LogP contribution in [0.1, 0.15) is 22.3 Å². The van der Waals surface area contributed by atoms with Gasteiger partial charge in [0.25, 0.3) is 5.91 Å². The van der Waals surface area contributed by atoms with E-state index < -0.39 is 12.0 Å². The molecule has 108 valence electrons. The number of carboxylic acid groups (broad SMARTS) is 1. The lowest BCUT2D eigenvalue weighted by atomic mass is 10.0. The molecule has 0 spiro atoms. The normalized spacial score (nSPS) is 17.4. The summed E-state index contributed by atoms with van der Waals surface area (Å²) in [5.41, 5.74) is 1.17. The minimum Gasteiger partial charge on any atom is -0.496 e. The molecule has 6 heteroatoms. The highest BCUT2D eigenvalue weighted by molar-refractivity contribution is 5.98. The molecule has 0 aromatic heterocycles. The standard InChI is InChI=1S/C14H17NO5/c1-8-11(19-2)6-9(7-12(8)20-3)13(16)15-5-4-10(15)14(17)18/h6-7,10H,4-5H2,1-3H3,(H,17,18)/t10-/m1/s1. The number of hydrogen-bond donors (Lipinski definition) is 1.